The third kappa shape index (κ3) is 3.03. The van der Waals surface area contributed by atoms with Gasteiger partial charge < -0.3 is 9.88 Å². The van der Waals surface area contributed by atoms with Crippen molar-refractivity contribution in [2.24, 2.45) is 5.92 Å². The summed E-state index contributed by atoms with van der Waals surface area (Å²) >= 11 is 0. The normalized spacial score (nSPS) is 16.3. The van der Waals surface area contributed by atoms with Gasteiger partial charge in [-0.3, -0.25) is 9.89 Å². The van der Waals surface area contributed by atoms with E-state index in [2.05, 4.69) is 58.0 Å². The van der Waals surface area contributed by atoms with Crippen molar-refractivity contribution in [3.05, 3.63) is 53.1 Å². The Hall–Kier alpha value is -2.89. The van der Waals surface area contributed by atoms with E-state index in [0.29, 0.717) is 5.82 Å². The van der Waals surface area contributed by atoms with Crippen molar-refractivity contribution >= 4 is 11.7 Å². The standard InChI is InChI=1S/C20H23N5O/c1-12-6-14(3)17(7-13(12)2)18-9-19(24-23-18)22-20(26)15-4-5-25-11-21-10-16(25)8-15/h6-7,9-11,15H,4-5,8H2,1-3H3,(H2,22,23,24,26). The molecule has 4 rings (SSSR count). The van der Waals surface area contributed by atoms with Crippen LogP contribution in [0.2, 0.25) is 0 Å². The number of carbonyl (C=O) groups is 1. The summed E-state index contributed by atoms with van der Waals surface area (Å²) in [6, 6.07) is 6.24. The van der Waals surface area contributed by atoms with Gasteiger partial charge in [-0.1, -0.05) is 6.07 Å². The Bertz CT molecular complexity index is 968. The van der Waals surface area contributed by atoms with Gasteiger partial charge in [0.25, 0.3) is 0 Å². The van der Waals surface area contributed by atoms with E-state index >= 15 is 0 Å². The van der Waals surface area contributed by atoms with Crippen molar-refractivity contribution in [1.29, 1.82) is 0 Å². The van der Waals surface area contributed by atoms with Crippen molar-refractivity contribution in [3.8, 4) is 11.3 Å². The summed E-state index contributed by atoms with van der Waals surface area (Å²) in [7, 11) is 0. The van der Waals surface area contributed by atoms with Crippen molar-refractivity contribution < 1.29 is 4.79 Å². The van der Waals surface area contributed by atoms with Gasteiger partial charge in [-0.05, 0) is 49.9 Å². The first-order chi connectivity index (χ1) is 12.5. The van der Waals surface area contributed by atoms with Gasteiger partial charge in [0.05, 0.1) is 12.0 Å². The summed E-state index contributed by atoms with van der Waals surface area (Å²) in [5, 5.41) is 10.3. The number of aromatic amines is 1. The number of nitrogens with zero attached hydrogens (tertiary/aromatic N) is 3. The molecule has 2 N–H and O–H groups in total. The zero-order valence-electron chi connectivity index (χ0n) is 15.3. The third-order valence-corrected chi connectivity index (χ3v) is 5.30. The molecule has 0 bridgehead atoms. The van der Waals surface area contributed by atoms with E-state index in [0.717, 1.165) is 36.3 Å². The summed E-state index contributed by atoms with van der Waals surface area (Å²) in [6.07, 6.45) is 5.21. The first-order valence-electron chi connectivity index (χ1n) is 8.95. The van der Waals surface area contributed by atoms with E-state index in [-0.39, 0.29) is 11.8 Å². The summed E-state index contributed by atoms with van der Waals surface area (Å²) in [5.41, 5.74) is 6.85. The van der Waals surface area contributed by atoms with Crippen LogP contribution in [0.4, 0.5) is 5.82 Å². The van der Waals surface area contributed by atoms with Crippen LogP contribution in [0.1, 0.15) is 28.8 Å². The van der Waals surface area contributed by atoms with E-state index in [1.54, 1.807) is 0 Å². The molecule has 1 atom stereocenters. The molecule has 3 heterocycles. The number of benzene rings is 1. The number of imidazole rings is 1. The van der Waals surface area contributed by atoms with Crippen LogP contribution in [-0.4, -0.2) is 25.7 Å². The largest absolute Gasteiger partial charge is 0.335 e. The molecule has 26 heavy (non-hydrogen) atoms. The number of carbonyl (C=O) groups excluding carboxylic acids is 1. The van der Waals surface area contributed by atoms with E-state index in [9.17, 15) is 4.79 Å². The van der Waals surface area contributed by atoms with Gasteiger partial charge in [0.1, 0.15) is 0 Å². The Morgan fingerprint density at radius 3 is 2.85 bits per heavy atom. The molecule has 1 aliphatic heterocycles. The van der Waals surface area contributed by atoms with Crippen LogP contribution in [0, 0.1) is 26.7 Å². The molecule has 1 unspecified atom stereocenters. The minimum absolute atomic E-state index is 0.0207. The number of hydrogen-bond donors (Lipinski definition) is 2. The highest BCUT2D eigenvalue weighted by Gasteiger charge is 2.25. The Kier molecular flexibility index (Phi) is 4.11. The molecular weight excluding hydrogens is 326 g/mol. The average molecular weight is 349 g/mol. The minimum Gasteiger partial charge on any atom is -0.335 e. The van der Waals surface area contributed by atoms with Crippen LogP contribution in [0.25, 0.3) is 11.3 Å². The number of anilines is 1. The second kappa shape index (κ2) is 6.44. The second-order valence-electron chi connectivity index (χ2n) is 7.18. The van der Waals surface area contributed by atoms with Gasteiger partial charge >= 0.3 is 0 Å². The maximum Gasteiger partial charge on any atom is 0.229 e. The molecule has 0 saturated heterocycles. The Morgan fingerprint density at radius 2 is 2.00 bits per heavy atom. The van der Waals surface area contributed by atoms with Crippen LogP contribution >= 0.6 is 0 Å². The molecule has 0 radical (unpaired) electrons. The monoisotopic (exact) mass is 349 g/mol. The Morgan fingerprint density at radius 1 is 1.19 bits per heavy atom. The number of amides is 1. The van der Waals surface area contributed by atoms with Crippen LogP contribution in [0.15, 0.2) is 30.7 Å². The molecule has 6 nitrogen and oxygen atoms in total. The summed E-state index contributed by atoms with van der Waals surface area (Å²) in [4.78, 5) is 16.8. The molecule has 0 spiro atoms. The molecule has 1 amide bonds. The molecule has 0 aliphatic carbocycles. The number of fused-ring (bicyclic) bond motifs is 1. The molecule has 134 valence electrons. The number of rotatable bonds is 3. The lowest BCUT2D eigenvalue weighted by Crippen LogP contribution is -2.30. The molecular formula is C20H23N5O. The van der Waals surface area contributed by atoms with Crippen molar-refractivity contribution in [2.45, 2.75) is 40.2 Å². The second-order valence-corrected chi connectivity index (χ2v) is 7.18. The summed E-state index contributed by atoms with van der Waals surface area (Å²) in [5.74, 6) is 0.553. The number of aryl methyl sites for hydroxylation is 4. The molecule has 0 fully saturated rings. The number of hydrogen-bond acceptors (Lipinski definition) is 3. The van der Waals surface area contributed by atoms with Crippen molar-refractivity contribution in [3.63, 3.8) is 0 Å². The molecule has 1 aliphatic rings. The van der Waals surface area contributed by atoms with E-state index < -0.39 is 0 Å². The first-order valence-corrected chi connectivity index (χ1v) is 8.95. The predicted molar refractivity (Wildman–Crippen MR) is 101 cm³/mol. The number of aromatic nitrogens is 4. The maximum absolute atomic E-state index is 12.6. The van der Waals surface area contributed by atoms with Crippen LogP contribution in [0.3, 0.4) is 0 Å². The van der Waals surface area contributed by atoms with Crippen LogP contribution < -0.4 is 5.32 Å². The average Bonchev–Trinajstić information content (AvgIpc) is 3.26. The van der Waals surface area contributed by atoms with Gasteiger partial charge in [-0.25, -0.2) is 4.98 Å². The van der Waals surface area contributed by atoms with Gasteiger partial charge in [0, 0.05) is 42.4 Å². The lowest BCUT2D eigenvalue weighted by atomic mass is 9.95. The molecule has 2 aromatic heterocycles. The number of H-pyrrole nitrogens is 1. The predicted octanol–water partition coefficient (Wildman–Crippen LogP) is 3.40. The highest BCUT2D eigenvalue weighted by atomic mass is 16.2. The molecule has 6 heteroatoms. The summed E-state index contributed by atoms with van der Waals surface area (Å²) < 4.78 is 2.11. The van der Waals surface area contributed by atoms with Gasteiger partial charge in [0.15, 0.2) is 5.82 Å². The smallest absolute Gasteiger partial charge is 0.229 e. The zero-order chi connectivity index (χ0) is 18.3. The zero-order valence-corrected chi connectivity index (χ0v) is 15.3. The summed E-state index contributed by atoms with van der Waals surface area (Å²) in [6.45, 7) is 7.14. The lowest BCUT2D eigenvalue weighted by molar-refractivity contribution is -0.120. The van der Waals surface area contributed by atoms with Gasteiger partial charge in [0.2, 0.25) is 5.91 Å². The highest BCUT2D eigenvalue weighted by molar-refractivity contribution is 5.92. The highest BCUT2D eigenvalue weighted by Crippen LogP contribution is 2.27. The SMILES string of the molecule is Cc1cc(C)c(-c2cc(NC(=O)C3CCn4cncc4C3)n[nH]2)cc1C. The van der Waals surface area contributed by atoms with E-state index in [1.807, 2.05) is 18.6 Å². The quantitative estimate of drug-likeness (QED) is 0.761. The van der Waals surface area contributed by atoms with Gasteiger partial charge in [-0.15, -0.1) is 0 Å². The lowest BCUT2D eigenvalue weighted by Gasteiger charge is -2.22. The van der Waals surface area contributed by atoms with E-state index in [1.165, 1.54) is 16.7 Å². The van der Waals surface area contributed by atoms with Gasteiger partial charge in [-0.2, -0.15) is 5.10 Å². The van der Waals surface area contributed by atoms with Crippen molar-refractivity contribution in [2.75, 3.05) is 5.32 Å². The Labute approximate surface area is 152 Å². The molecule has 1 aromatic carbocycles. The van der Waals surface area contributed by atoms with Crippen molar-refractivity contribution in [1.82, 2.24) is 19.7 Å². The number of nitrogens with one attached hydrogen (secondary N) is 2. The Balaban J connectivity index is 1.49. The molecule has 3 aromatic rings. The third-order valence-electron chi connectivity index (χ3n) is 5.30. The topological polar surface area (TPSA) is 75.6 Å². The first kappa shape index (κ1) is 16.6. The van der Waals surface area contributed by atoms with Crippen LogP contribution in [-0.2, 0) is 17.8 Å². The molecule has 0 saturated carbocycles. The fourth-order valence-electron chi connectivity index (χ4n) is 3.60. The fourth-order valence-corrected chi connectivity index (χ4v) is 3.60. The maximum atomic E-state index is 12.6. The fraction of sp³-hybridized carbons (Fsp3) is 0.350. The minimum atomic E-state index is -0.0392. The van der Waals surface area contributed by atoms with Crippen LogP contribution in [0.5, 0.6) is 0 Å². The van der Waals surface area contributed by atoms with E-state index in [4.69, 9.17) is 0 Å².